The Balaban J connectivity index is 1.83. The molecule has 0 aliphatic heterocycles. The second-order valence-electron chi connectivity index (χ2n) is 4.06. The minimum atomic E-state index is -0.955. The molecule has 1 aromatic heterocycles. The van der Waals surface area contributed by atoms with Crippen LogP contribution in [0.25, 0.3) is 0 Å². The zero-order chi connectivity index (χ0) is 15.2. The number of hydrogen-bond acceptors (Lipinski definition) is 4. The van der Waals surface area contributed by atoms with Gasteiger partial charge in [0.1, 0.15) is 11.6 Å². The lowest BCUT2D eigenvalue weighted by molar-refractivity contribution is -0.124. The van der Waals surface area contributed by atoms with Crippen LogP contribution in [0.4, 0.5) is 4.39 Å². The first-order chi connectivity index (χ1) is 10.1. The number of rotatable bonds is 5. The number of amides is 1. The maximum absolute atomic E-state index is 13.4. The van der Waals surface area contributed by atoms with Crippen LogP contribution >= 0.6 is 11.6 Å². The molecule has 0 radical (unpaired) electrons. The molecule has 1 heterocycles. The number of esters is 1. The molecule has 21 heavy (non-hydrogen) atoms. The molecule has 0 spiro atoms. The van der Waals surface area contributed by atoms with Gasteiger partial charge in [-0.15, -0.1) is 0 Å². The maximum atomic E-state index is 13.4. The Labute approximate surface area is 124 Å². The highest BCUT2D eigenvalue weighted by Gasteiger charge is 2.15. The zero-order valence-electron chi connectivity index (χ0n) is 10.8. The third-order valence-electron chi connectivity index (χ3n) is 2.52. The third kappa shape index (κ3) is 4.32. The van der Waals surface area contributed by atoms with Crippen molar-refractivity contribution in [2.24, 2.45) is 0 Å². The minimum Gasteiger partial charge on any atom is -0.467 e. The van der Waals surface area contributed by atoms with Crippen LogP contribution in [-0.2, 0) is 16.1 Å². The third-order valence-corrected chi connectivity index (χ3v) is 2.76. The van der Waals surface area contributed by atoms with E-state index < -0.39 is 24.3 Å². The molecule has 1 amide bonds. The lowest BCUT2D eigenvalue weighted by Crippen LogP contribution is -2.28. The predicted octanol–water partition coefficient (Wildman–Crippen LogP) is 2.55. The number of halogens is 2. The van der Waals surface area contributed by atoms with Crippen molar-refractivity contribution in [3.8, 4) is 0 Å². The summed E-state index contributed by atoms with van der Waals surface area (Å²) in [6.45, 7) is -0.347. The first kappa shape index (κ1) is 15.1. The van der Waals surface area contributed by atoms with Gasteiger partial charge >= 0.3 is 5.97 Å². The number of nitrogens with one attached hydrogen (secondary N) is 1. The molecule has 0 saturated carbocycles. The normalized spacial score (nSPS) is 10.2. The molecular formula is C14H11ClFNO4. The molecule has 2 rings (SSSR count). The van der Waals surface area contributed by atoms with Gasteiger partial charge in [-0.1, -0.05) is 11.6 Å². The molecular weight excluding hydrogens is 301 g/mol. The average molecular weight is 312 g/mol. The van der Waals surface area contributed by atoms with Crippen LogP contribution in [0.15, 0.2) is 41.0 Å². The summed E-state index contributed by atoms with van der Waals surface area (Å²) in [6.07, 6.45) is 1.48. The molecule has 0 aliphatic carbocycles. The highest BCUT2D eigenvalue weighted by molar-refractivity contribution is 6.30. The SMILES string of the molecule is O=C(COC(=O)c1cc(Cl)ccc1F)NCc1ccco1. The van der Waals surface area contributed by atoms with Crippen molar-refractivity contribution in [1.29, 1.82) is 0 Å². The summed E-state index contributed by atoms with van der Waals surface area (Å²) in [5, 5.41) is 2.69. The maximum Gasteiger partial charge on any atom is 0.341 e. The lowest BCUT2D eigenvalue weighted by atomic mass is 10.2. The van der Waals surface area contributed by atoms with Gasteiger partial charge in [0.05, 0.1) is 18.4 Å². The van der Waals surface area contributed by atoms with E-state index in [2.05, 4.69) is 5.32 Å². The Bertz CT molecular complexity index is 642. The monoisotopic (exact) mass is 311 g/mol. The Morgan fingerprint density at radius 3 is 2.86 bits per heavy atom. The van der Waals surface area contributed by atoms with E-state index in [4.69, 9.17) is 20.8 Å². The summed E-state index contributed by atoms with van der Waals surface area (Å²) in [6, 6.07) is 6.87. The molecule has 0 saturated heterocycles. The van der Waals surface area contributed by atoms with Gasteiger partial charge in [-0.25, -0.2) is 9.18 Å². The van der Waals surface area contributed by atoms with E-state index in [1.807, 2.05) is 0 Å². The van der Waals surface area contributed by atoms with Gasteiger partial charge < -0.3 is 14.5 Å². The van der Waals surface area contributed by atoms with Gasteiger partial charge in [0.15, 0.2) is 6.61 Å². The fourth-order valence-electron chi connectivity index (χ4n) is 1.51. The van der Waals surface area contributed by atoms with Crippen molar-refractivity contribution in [3.63, 3.8) is 0 Å². The Morgan fingerprint density at radius 2 is 2.14 bits per heavy atom. The summed E-state index contributed by atoms with van der Waals surface area (Å²) in [5.41, 5.74) is -0.318. The van der Waals surface area contributed by atoms with Crippen LogP contribution in [0.1, 0.15) is 16.1 Å². The Kier molecular flexibility index (Phi) is 4.94. The van der Waals surface area contributed by atoms with Gasteiger partial charge in [-0.2, -0.15) is 0 Å². The summed E-state index contributed by atoms with van der Waals surface area (Å²) in [4.78, 5) is 23.1. The highest BCUT2D eigenvalue weighted by Crippen LogP contribution is 2.15. The van der Waals surface area contributed by atoms with E-state index in [9.17, 15) is 14.0 Å². The molecule has 1 aromatic carbocycles. The first-order valence-electron chi connectivity index (χ1n) is 5.97. The zero-order valence-corrected chi connectivity index (χ0v) is 11.5. The molecule has 7 heteroatoms. The molecule has 0 aliphatic rings. The molecule has 2 aromatic rings. The van der Waals surface area contributed by atoms with Gasteiger partial charge in [0.25, 0.3) is 5.91 Å². The van der Waals surface area contributed by atoms with E-state index in [0.29, 0.717) is 5.76 Å². The van der Waals surface area contributed by atoms with E-state index >= 15 is 0 Å². The van der Waals surface area contributed by atoms with Crippen LogP contribution in [0.3, 0.4) is 0 Å². The second-order valence-corrected chi connectivity index (χ2v) is 4.49. The van der Waals surface area contributed by atoms with Crippen LogP contribution < -0.4 is 5.32 Å². The number of benzene rings is 1. The van der Waals surface area contributed by atoms with Crippen LogP contribution in [0.5, 0.6) is 0 Å². The van der Waals surface area contributed by atoms with E-state index in [0.717, 1.165) is 12.1 Å². The molecule has 0 fully saturated rings. The van der Waals surface area contributed by atoms with Crippen molar-refractivity contribution in [3.05, 3.63) is 58.8 Å². The minimum absolute atomic E-state index is 0.176. The second kappa shape index (κ2) is 6.90. The number of carbonyl (C=O) groups is 2. The van der Waals surface area contributed by atoms with Gasteiger partial charge in [0, 0.05) is 5.02 Å². The van der Waals surface area contributed by atoms with Crippen molar-refractivity contribution in [1.82, 2.24) is 5.32 Å². The van der Waals surface area contributed by atoms with Crippen molar-refractivity contribution in [2.75, 3.05) is 6.61 Å². The van der Waals surface area contributed by atoms with Crippen molar-refractivity contribution < 1.29 is 23.1 Å². The predicted molar refractivity (Wildman–Crippen MR) is 72.2 cm³/mol. The fourth-order valence-corrected chi connectivity index (χ4v) is 1.68. The van der Waals surface area contributed by atoms with Gasteiger partial charge in [0.2, 0.25) is 0 Å². The quantitative estimate of drug-likeness (QED) is 0.862. The average Bonchev–Trinajstić information content (AvgIpc) is 2.98. The van der Waals surface area contributed by atoms with Crippen LogP contribution in [0.2, 0.25) is 5.02 Å². The van der Waals surface area contributed by atoms with Gasteiger partial charge in [-0.05, 0) is 30.3 Å². The largest absolute Gasteiger partial charge is 0.467 e. The lowest BCUT2D eigenvalue weighted by Gasteiger charge is -2.06. The summed E-state index contributed by atoms with van der Waals surface area (Å²) >= 11 is 5.67. The summed E-state index contributed by atoms with van der Waals surface area (Å²) < 4.78 is 23.1. The van der Waals surface area contributed by atoms with E-state index in [1.54, 1.807) is 12.1 Å². The fraction of sp³-hybridized carbons (Fsp3) is 0.143. The van der Waals surface area contributed by atoms with Crippen LogP contribution in [-0.4, -0.2) is 18.5 Å². The number of ether oxygens (including phenoxy) is 1. The smallest absolute Gasteiger partial charge is 0.341 e. The molecule has 5 nitrogen and oxygen atoms in total. The molecule has 0 bridgehead atoms. The standard InChI is InChI=1S/C14H11ClFNO4/c15-9-3-4-12(16)11(6-9)14(19)21-8-13(18)17-7-10-2-1-5-20-10/h1-6H,7-8H2,(H,17,18). The summed E-state index contributed by atoms with van der Waals surface area (Å²) in [7, 11) is 0. The van der Waals surface area contributed by atoms with Gasteiger partial charge in [-0.3, -0.25) is 4.79 Å². The Morgan fingerprint density at radius 1 is 1.33 bits per heavy atom. The number of furan rings is 1. The number of hydrogen-bond donors (Lipinski definition) is 1. The summed E-state index contributed by atoms with van der Waals surface area (Å²) in [5.74, 6) is -1.68. The van der Waals surface area contributed by atoms with Crippen LogP contribution in [0, 0.1) is 5.82 Å². The van der Waals surface area contributed by atoms with E-state index in [1.165, 1.54) is 12.3 Å². The topological polar surface area (TPSA) is 68.5 Å². The highest BCUT2D eigenvalue weighted by atomic mass is 35.5. The van der Waals surface area contributed by atoms with Crippen molar-refractivity contribution in [2.45, 2.75) is 6.54 Å². The Hall–Kier alpha value is -2.34. The van der Waals surface area contributed by atoms with E-state index in [-0.39, 0.29) is 17.1 Å². The molecule has 0 unspecified atom stereocenters. The van der Waals surface area contributed by atoms with Crippen molar-refractivity contribution >= 4 is 23.5 Å². The molecule has 110 valence electrons. The first-order valence-corrected chi connectivity index (χ1v) is 6.35. The molecule has 1 N–H and O–H groups in total. The molecule has 0 atom stereocenters. The number of carbonyl (C=O) groups excluding carboxylic acids is 2.